The highest BCUT2D eigenvalue weighted by Gasteiger charge is 2.30. The molecule has 0 bridgehead atoms. The molecular formula is C49H34N2. The fourth-order valence-electron chi connectivity index (χ4n) is 8.10. The second-order valence-corrected chi connectivity index (χ2v) is 13.4. The Kier molecular flexibility index (Phi) is 6.99. The molecule has 2 heteroatoms. The molecular weight excluding hydrogens is 617 g/mol. The molecule has 2 heterocycles. The van der Waals surface area contributed by atoms with Crippen LogP contribution in [0, 0.1) is 0 Å². The molecule has 10 rings (SSSR count). The van der Waals surface area contributed by atoms with Crippen LogP contribution in [0.15, 0.2) is 187 Å². The molecule has 0 amide bonds. The quantitative estimate of drug-likeness (QED) is 0.185. The topological polar surface area (TPSA) is 15.6 Å². The van der Waals surface area contributed by atoms with Gasteiger partial charge in [-0.15, -0.1) is 0 Å². The molecule has 2 aliphatic rings. The first kappa shape index (κ1) is 29.4. The van der Waals surface area contributed by atoms with Crippen LogP contribution < -0.4 is 4.90 Å². The summed E-state index contributed by atoms with van der Waals surface area (Å²) in [5.41, 5.74) is 15.2. The monoisotopic (exact) mass is 650 g/mol. The zero-order chi connectivity index (χ0) is 33.7. The van der Waals surface area contributed by atoms with Crippen molar-refractivity contribution >= 4 is 55.6 Å². The van der Waals surface area contributed by atoms with Crippen LogP contribution >= 0.6 is 0 Å². The van der Waals surface area contributed by atoms with Gasteiger partial charge in [0.1, 0.15) is 0 Å². The normalized spacial score (nSPS) is 13.5. The fourth-order valence-corrected chi connectivity index (χ4v) is 8.10. The SMILES string of the molecule is C1=C(c2ccc(-c3ccccc3)cc2)C(c2ccccc2N2c3c(ccc4ccccc34)-c3cccc4cccc2c34)=Nc2ccccc2CC1. The Labute approximate surface area is 298 Å². The molecule has 2 aliphatic heterocycles. The lowest BCUT2D eigenvalue weighted by atomic mass is 9.87. The Hall–Kier alpha value is -6.51. The molecule has 0 saturated carbocycles. The maximum absolute atomic E-state index is 5.60. The summed E-state index contributed by atoms with van der Waals surface area (Å²) in [6.45, 7) is 0. The van der Waals surface area contributed by atoms with Crippen molar-refractivity contribution in [3.05, 3.63) is 199 Å². The van der Waals surface area contributed by atoms with Crippen molar-refractivity contribution in [2.24, 2.45) is 4.99 Å². The molecule has 0 unspecified atom stereocenters. The number of para-hydroxylation sites is 2. The van der Waals surface area contributed by atoms with Gasteiger partial charge in [-0.05, 0) is 69.6 Å². The molecule has 8 aromatic rings. The number of hydrogen-bond acceptors (Lipinski definition) is 2. The fraction of sp³-hybridized carbons (Fsp3) is 0.0408. The van der Waals surface area contributed by atoms with Crippen molar-refractivity contribution in [1.29, 1.82) is 0 Å². The number of aliphatic imine (C=N–C) groups is 1. The third kappa shape index (κ3) is 4.91. The van der Waals surface area contributed by atoms with Crippen LogP contribution in [0.4, 0.5) is 22.7 Å². The summed E-state index contributed by atoms with van der Waals surface area (Å²) in [5.74, 6) is 0. The van der Waals surface area contributed by atoms with Gasteiger partial charge in [-0.25, -0.2) is 4.99 Å². The van der Waals surface area contributed by atoms with Crippen molar-refractivity contribution in [2.75, 3.05) is 4.90 Å². The van der Waals surface area contributed by atoms with Gasteiger partial charge in [0.05, 0.1) is 28.5 Å². The summed E-state index contributed by atoms with van der Waals surface area (Å²) in [5, 5.41) is 4.97. The van der Waals surface area contributed by atoms with E-state index >= 15 is 0 Å². The van der Waals surface area contributed by atoms with Crippen LogP contribution in [0.2, 0.25) is 0 Å². The second-order valence-electron chi connectivity index (χ2n) is 13.4. The lowest BCUT2D eigenvalue weighted by molar-refractivity contribution is 0.999. The number of hydrogen-bond donors (Lipinski definition) is 0. The van der Waals surface area contributed by atoms with E-state index in [2.05, 4.69) is 187 Å². The number of nitrogens with zero attached hydrogens (tertiary/aromatic N) is 2. The van der Waals surface area contributed by atoms with Crippen LogP contribution in [-0.2, 0) is 6.42 Å². The number of fused-ring (bicyclic) bond motifs is 5. The highest BCUT2D eigenvalue weighted by molar-refractivity contribution is 6.35. The third-order valence-corrected chi connectivity index (χ3v) is 10.5. The Bertz CT molecular complexity index is 2680. The van der Waals surface area contributed by atoms with Crippen molar-refractivity contribution in [3.8, 4) is 22.3 Å². The first-order chi connectivity index (χ1) is 25.3. The van der Waals surface area contributed by atoms with Crippen LogP contribution in [0.1, 0.15) is 23.1 Å². The minimum Gasteiger partial charge on any atom is -0.308 e. The summed E-state index contributed by atoms with van der Waals surface area (Å²) in [6, 6.07) is 63.8. The average Bonchev–Trinajstić information content (AvgIpc) is 3.19. The van der Waals surface area contributed by atoms with Gasteiger partial charge in [0.25, 0.3) is 0 Å². The lowest BCUT2D eigenvalue weighted by Gasteiger charge is -2.36. The van der Waals surface area contributed by atoms with E-state index in [1.807, 2.05) is 0 Å². The minimum absolute atomic E-state index is 0.928. The zero-order valence-electron chi connectivity index (χ0n) is 28.1. The number of anilines is 3. The van der Waals surface area contributed by atoms with Crippen LogP contribution in [0.3, 0.4) is 0 Å². The maximum Gasteiger partial charge on any atom is 0.0805 e. The maximum atomic E-state index is 5.60. The molecule has 240 valence electrons. The molecule has 0 saturated heterocycles. The van der Waals surface area contributed by atoms with E-state index in [0.717, 1.165) is 41.1 Å². The Balaban J connectivity index is 1.23. The van der Waals surface area contributed by atoms with Gasteiger partial charge in [-0.2, -0.15) is 0 Å². The van der Waals surface area contributed by atoms with Gasteiger partial charge >= 0.3 is 0 Å². The van der Waals surface area contributed by atoms with Gasteiger partial charge in [0.2, 0.25) is 0 Å². The standard InChI is InChI=1S/C49H34N2/c1-2-13-33(14-3-1)34-27-29-36(30-28-34)39-22-10-17-37-16-5-8-24-44(37)50-48(39)43-21-7-9-25-45(43)51-46-26-12-19-38-18-11-23-41(47(38)46)42-32-31-35-15-4-6-20-40(35)49(42)51/h1-9,11-16,18-32H,10,17H2. The largest absolute Gasteiger partial charge is 0.308 e. The van der Waals surface area contributed by atoms with Gasteiger partial charge in [-0.1, -0.05) is 164 Å². The predicted molar refractivity (Wildman–Crippen MR) is 216 cm³/mol. The zero-order valence-corrected chi connectivity index (χ0v) is 28.1. The van der Waals surface area contributed by atoms with Crippen LogP contribution in [0.5, 0.6) is 0 Å². The predicted octanol–water partition coefficient (Wildman–Crippen LogP) is 13.3. The van der Waals surface area contributed by atoms with Crippen molar-refractivity contribution < 1.29 is 0 Å². The first-order valence-electron chi connectivity index (χ1n) is 17.8. The van der Waals surface area contributed by atoms with Gasteiger partial charge < -0.3 is 4.90 Å². The van der Waals surface area contributed by atoms with Crippen molar-refractivity contribution in [2.45, 2.75) is 12.8 Å². The van der Waals surface area contributed by atoms with Crippen LogP contribution in [-0.4, -0.2) is 5.71 Å². The number of aryl methyl sites for hydroxylation is 1. The van der Waals surface area contributed by atoms with Gasteiger partial charge in [0, 0.05) is 27.5 Å². The van der Waals surface area contributed by atoms with Crippen molar-refractivity contribution in [3.63, 3.8) is 0 Å². The molecule has 8 aromatic carbocycles. The molecule has 2 nitrogen and oxygen atoms in total. The Morgan fingerprint density at radius 2 is 1.12 bits per heavy atom. The Morgan fingerprint density at radius 3 is 2.02 bits per heavy atom. The Morgan fingerprint density at radius 1 is 0.451 bits per heavy atom. The molecule has 0 radical (unpaired) electrons. The molecule has 0 aliphatic carbocycles. The van der Waals surface area contributed by atoms with Crippen LogP contribution in [0.25, 0.3) is 49.4 Å². The molecule has 0 spiro atoms. The summed E-state index contributed by atoms with van der Waals surface area (Å²) >= 11 is 0. The molecule has 0 aromatic heterocycles. The molecule has 0 atom stereocenters. The second kappa shape index (κ2) is 12.1. The summed E-state index contributed by atoms with van der Waals surface area (Å²) < 4.78 is 0. The van der Waals surface area contributed by atoms with E-state index < -0.39 is 0 Å². The molecule has 0 fully saturated rings. The van der Waals surface area contributed by atoms with E-state index in [-0.39, 0.29) is 0 Å². The molecule has 0 N–H and O–H groups in total. The average molecular weight is 651 g/mol. The highest BCUT2D eigenvalue weighted by atomic mass is 15.2. The van der Waals surface area contributed by atoms with Gasteiger partial charge in [0.15, 0.2) is 0 Å². The number of allylic oxidation sites excluding steroid dienone is 2. The van der Waals surface area contributed by atoms with Crippen molar-refractivity contribution in [1.82, 2.24) is 0 Å². The third-order valence-electron chi connectivity index (χ3n) is 10.5. The smallest absolute Gasteiger partial charge is 0.0805 e. The molecule has 51 heavy (non-hydrogen) atoms. The van der Waals surface area contributed by atoms with E-state index in [9.17, 15) is 0 Å². The number of rotatable bonds is 4. The summed E-state index contributed by atoms with van der Waals surface area (Å²) in [7, 11) is 0. The summed E-state index contributed by atoms with van der Waals surface area (Å²) in [4.78, 5) is 8.10. The lowest BCUT2D eigenvalue weighted by Crippen LogP contribution is -2.19. The van der Waals surface area contributed by atoms with E-state index in [0.29, 0.717) is 0 Å². The summed E-state index contributed by atoms with van der Waals surface area (Å²) in [6.07, 6.45) is 4.28. The number of benzene rings is 8. The first-order valence-corrected chi connectivity index (χ1v) is 17.8. The van der Waals surface area contributed by atoms with E-state index in [4.69, 9.17) is 4.99 Å². The van der Waals surface area contributed by atoms with Gasteiger partial charge in [-0.3, -0.25) is 0 Å². The minimum atomic E-state index is 0.928. The van der Waals surface area contributed by atoms with E-state index in [1.54, 1.807) is 0 Å². The highest BCUT2D eigenvalue weighted by Crippen LogP contribution is 2.54. The van der Waals surface area contributed by atoms with E-state index in [1.165, 1.54) is 66.3 Å².